The van der Waals surface area contributed by atoms with Crippen LogP contribution in [0.25, 0.3) is 0 Å². The molecular formula is C13H19BrClN3. The lowest BCUT2D eigenvalue weighted by atomic mass is 10.3. The molecule has 100 valence electrons. The molecule has 1 aliphatic rings. The van der Waals surface area contributed by atoms with Crippen LogP contribution in [-0.4, -0.2) is 56.1 Å². The van der Waals surface area contributed by atoms with Gasteiger partial charge in [0.05, 0.1) is 9.50 Å². The van der Waals surface area contributed by atoms with E-state index in [1.165, 1.54) is 13.1 Å². The number of piperazine rings is 1. The number of hydrogen-bond acceptors (Lipinski definition) is 3. The Morgan fingerprint density at radius 1 is 1.28 bits per heavy atom. The van der Waals surface area contributed by atoms with E-state index >= 15 is 0 Å². The highest BCUT2D eigenvalue weighted by Gasteiger charge is 2.13. The van der Waals surface area contributed by atoms with Crippen molar-refractivity contribution in [2.75, 3.05) is 51.6 Å². The highest BCUT2D eigenvalue weighted by Crippen LogP contribution is 2.29. The Kier molecular flexibility index (Phi) is 5.30. The Bertz CT molecular complexity index is 392. The first-order chi connectivity index (χ1) is 8.66. The van der Waals surface area contributed by atoms with E-state index in [1.807, 2.05) is 18.2 Å². The number of hydrogen-bond donors (Lipinski definition) is 1. The van der Waals surface area contributed by atoms with Gasteiger partial charge in [-0.15, -0.1) is 0 Å². The van der Waals surface area contributed by atoms with Crippen molar-refractivity contribution in [2.45, 2.75) is 0 Å². The minimum Gasteiger partial charge on any atom is -0.383 e. The second kappa shape index (κ2) is 6.75. The monoisotopic (exact) mass is 331 g/mol. The molecule has 1 N–H and O–H groups in total. The first kappa shape index (κ1) is 14.1. The average Bonchev–Trinajstić information content (AvgIpc) is 2.37. The molecule has 0 radical (unpaired) electrons. The molecule has 1 aromatic carbocycles. The van der Waals surface area contributed by atoms with Crippen LogP contribution in [0.15, 0.2) is 22.7 Å². The number of benzene rings is 1. The van der Waals surface area contributed by atoms with Crippen LogP contribution in [-0.2, 0) is 0 Å². The highest BCUT2D eigenvalue weighted by atomic mass is 79.9. The third kappa shape index (κ3) is 3.85. The maximum atomic E-state index is 6.05. The summed E-state index contributed by atoms with van der Waals surface area (Å²) in [6.45, 7) is 6.68. The van der Waals surface area contributed by atoms with Gasteiger partial charge < -0.3 is 10.2 Å². The topological polar surface area (TPSA) is 18.5 Å². The molecule has 1 aliphatic heterocycles. The highest BCUT2D eigenvalue weighted by molar-refractivity contribution is 9.10. The third-order valence-corrected chi connectivity index (χ3v) is 4.69. The number of nitrogens with one attached hydrogen (secondary N) is 1. The van der Waals surface area contributed by atoms with Gasteiger partial charge in [-0.2, -0.15) is 0 Å². The van der Waals surface area contributed by atoms with Crippen LogP contribution in [0.1, 0.15) is 0 Å². The Morgan fingerprint density at radius 3 is 2.72 bits per heavy atom. The van der Waals surface area contributed by atoms with Gasteiger partial charge in [-0.1, -0.05) is 17.7 Å². The largest absolute Gasteiger partial charge is 0.383 e. The van der Waals surface area contributed by atoms with Crippen LogP contribution in [0.3, 0.4) is 0 Å². The lowest BCUT2D eigenvalue weighted by molar-refractivity contribution is 0.158. The van der Waals surface area contributed by atoms with Crippen LogP contribution in [0, 0.1) is 0 Å². The molecule has 0 amide bonds. The van der Waals surface area contributed by atoms with E-state index < -0.39 is 0 Å². The molecule has 0 spiro atoms. The predicted octanol–water partition coefficient (Wildman–Crippen LogP) is 2.76. The molecule has 0 aromatic heterocycles. The summed E-state index contributed by atoms with van der Waals surface area (Å²) >= 11 is 9.55. The fourth-order valence-electron chi connectivity index (χ4n) is 2.06. The van der Waals surface area contributed by atoms with Crippen LogP contribution < -0.4 is 5.32 Å². The van der Waals surface area contributed by atoms with E-state index in [1.54, 1.807) is 0 Å². The number of halogens is 2. The van der Waals surface area contributed by atoms with E-state index in [2.05, 4.69) is 38.1 Å². The summed E-state index contributed by atoms with van der Waals surface area (Å²) in [5, 5.41) is 4.18. The molecule has 3 nitrogen and oxygen atoms in total. The van der Waals surface area contributed by atoms with Gasteiger partial charge >= 0.3 is 0 Å². The molecule has 0 bridgehead atoms. The van der Waals surface area contributed by atoms with Gasteiger partial charge in [-0.25, -0.2) is 0 Å². The minimum absolute atomic E-state index is 0.750. The number of anilines is 1. The standard InChI is InChI=1S/C13H19BrClN3/c1-17-7-9-18(10-8-17)6-5-16-12-4-2-3-11(15)13(12)14/h2-4,16H,5-10H2,1H3. The lowest BCUT2D eigenvalue weighted by Gasteiger charge is -2.32. The maximum Gasteiger partial charge on any atom is 0.0593 e. The van der Waals surface area contributed by atoms with Gasteiger partial charge in [0.2, 0.25) is 0 Å². The van der Waals surface area contributed by atoms with E-state index in [4.69, 9.17) is 11.6 Å². The molecule has 5 heteroatoms. The molecule has 0 atom stereocenters. The summed E-state index contributed by atoms with van der Waals surface area (Å²) in [6.07, 6.45) is 0. The van der Waals surface area contributed by atoms with Crippen LogP contribution >= 0.6 is 27.5 Å². The van der Waals surface area contributed by atoms with Crippen molar-refractivity contribution < 1.29 is 0 Å². The molecular weight excluding hydrogens is 314 g/mol. The van der Waals surface area contributed by atoms with Crippen molar-refractivity contribution in [3.8, 4) is 0 Å². The Hall–Kier alpha value is -0.290. The minimum atomic E-state index is 0.750. The second-order valence-electron chi connectivity index (χ2n) is 4.67. The van der Waals surface area contributed by atoms with Gasteiger partial charge in [-0.05, 0) is 35.1 Å². The molecule has 1 heterocycles. The molecule has 0 saturated carbocycles. The van der Waals surface area contributed by atoms with E-state index in [0.29, 0.717) is 0 Å². The summed E-state index contributed by atoms with van der Waals surface area (Å²) in [7, 11) is 2.18. The van der Waals surface area contributed by atoms with Crippen LogP contribution in [0.5, 0.6) is 0 Å². The van der Waals surface area contributed by atoms with Crippen molar-refractivity contribution in [3.05, 3.63) is 27.7 Å². The zero-order chi connectivity index (χ0) is 13.0. The second-order valence-corrected chi connectivity index (χ2v) is 5.87. The molecule has 1 aromatic rings. The normalized spacial score (nSPS) is 17.9. The Labute approximate surface area is 122 Å². The van der Waals surface area contributed by atoms with E-state index in [-0.39, 0.29) is 0 Å². The van der Waals surface area contributed by atoms with E-state index in [0.717, 1.165) is 41.4 Å². The number of likely N-dealkylation sites (N-methyl/N-ethyl adjacent to an activating group) is 1. The zero-order valence-electron chi connectivity index (χ0n) is 10.6. The fraction of sp³-hybridized carbons (Fsp3) is 0.538. The number of rotatable bonds is 4. The molecule has 18 heavy (non-hydrogen) atoms. The summed E-state index contributed by atoms with van der Waals surface area (Å²) in [4.78, 5) is 4.86. The fourth-order valence-corrected chi connectivity index (χ4v) is 2.64. The predicted molar refractivity (Wildman–Crippen MR) is 81.6 cm³/mol. The van der Waals surface area contributed by atoms with Crippen molar-refractivity contribution in [2.24, 2.45) is 0 Å². The third-order valence-electron chi connectivity index (χ3n) is 3.29. The zero-order valence-corrected chi connectivity index (χ0v) is 13.0. The molecule has 2 rings (SSSR count). The smallest absolute Gasteiger partial charge is 0.0593 e. The molecule has 1 fully saturated rings. The van der Waals surface area contributed by atoms with Crippen LogP contribution in [0.2, 0.25) is 5.02 Å². The van der Waals surface area contributed by atoms with E-state index in [9.17, 15) is 0 Å². The van der Waals surface area contributed by atoms with Gasteiger partial charge in [0.1, 0.15) is 0 Å². The summed E-state index contributed by atoms with van der Waals surface area (Å²) in [5.74, 6) is 0. The Morgan fingerprint density at radius 2 is 2.00 bits per heavy atom. The van der Waals surface area contributed by atoms with Gasteiger partial charge in [-0.3, -0.25) is 4.90 Å². The summed E-state index contributed by atoms with van der Waals surface area (Å²) < 4.78 is 0.949. The van der Waals surface area contributed by atoms with Gasteiger partial charge in [0, 0.05) is 45.0 Å². The summed E-state index contributed by atoms with van der Waals surface area (Å²) in [6, 6.07) is 5.89. The number of nitrogens with zero attached hydrogens (tertiary/aromatic N) is 2. The van der Waals surface area contributed by atoms with Crippen molar-refractivity contribution >= 4 is 33.2 Å². The summed E-state index contributed by atoms with van der Waals surface area (Å²) in [5.41, 5.74) is 1.07. The molecule has 1 saturated heterocycles. The van der Waals surface area contributed by atoms with Crippen molar-refractivity contribution in [1.29, 1.82) is 0 Å². The first-order valence-corrected chi connectivity index (χ1v) is 7.42. The van der Waals surface area contributed by atoms with Gasteiger partial charge in [0.15, 0.2) is 0 Å². The van der Waals surface area contributed by atoms with Crippen molar-refractivity contribution in [3.63, 3.8) is 0 Å². The van der Waals surface area contributed by atoms with Gasteiger partial charge in [0.25, 0.3) is 0 Å². The molecule has 0 aliphatic carbocycles. The lowest BCUT2D eigenvalue weighted by Crippen LogP contribution is -2.45. The molecule has 0 unspecified atom stereocenters. The van der Waals surface area contributed by atoms with Crippen molar-refractivity contribution in [1.82, 2.24) is 9.80 Å². The van der Waals surface area contributed by atoms with Crippen LogP contribution in [0.4, 0.5) is 5.69 Å². The maximum absolute atomic E-state index is 6.05. The SMILES string of the molecule is CN1CCN(CCNc2cccc(Cl)c2Br)CC1. The quantitative estimate of drug-likeness (QED) is 0.914. The first-order valence-electron chi connectivity index (χ1n) is 6.25. The average molecular weight is 333 g/mol. The Balaban J connectivity index is 1.77.